The first-order valence-electron chi connectivity index (χ1n) is 9.33. The fourth-order valence-electron chi connectivity index (χ4n) is 3.19. The Morgan fingerprint density at radius 1 is 1.14 bits per heavy atom. The Morgan fingerprint density at radius 2 is 1.83 bits per heavy atom. The molecule has 0 aliphatic heterocycles. The standard InChI is InChI=1S/C20H19N5O4/c26-19(16-8-4-5-9-17(16)25(28)29)21-12-13-23-20(27)24(15-6-2-1-3-7-15)18(22-23)14-10-11-14/h1-9,14H,10-13H2,(H,21,26). The second kappa shape index (κ2) is 7.70. The summed E-state index contributed by atoms with van der Waals surface area (Å²) >= 11 is 0. The Bertz CT molecular complexity index is 1120. The van der Waals surface area contributed by atoms with Crippen LogP contribution < -0.4 is 11.0 Å². The van der Waals surface area contributed by atoms with E-state index >= 15 is 0 Å². The Labute approximate surface area is 165 Å². The molecule has 0 spiro atoms. The zero-order valence-electron chi connectivity index (χ0n) is 15.5. The first-order chi connectivity index (χ1) is 14.1. The van der Waals surface area contributed by atoms with E-state index < -0.39 is 10.8 Å². The summed E-state index contributed by atoms with van der Waals surface area (Å²) in [4.78, 5) is 35.7. The zero-order valence-corrected chi connectivity index (χ0v) is 15.5. The largest absolute Gasteiger partial charge is 0.350 e. The van der Waals surface area contributed by atoms with Gasteiger partial charge in [0, 0.05) is 18.5 Å². The lowest BCUT2D eigenvalue weighted by molar-refractivity contribution is -0.385. The van der Waals surface area contributed by atoms with Crippen LogP contribution in [0.3, 0.4) is 0 Å². The van der Waals surface area contributed by atoms with Gasteiger partial charge < -0.3 is 5.32 Å². The molecule has 1 aromatic heterocycles. The van der Waals surface area contributed by atoms with Crippen molar-refractivity contribution < 1.29 is 9.72 Å². The second-order valence-corrected chi connectivity index (χ2v) is 6.84. The van der Waals surface area contributed by atoms with Gasteiger partial charge in [0.25, 0.3) is 11.6 Å². The zero-order chi connectivity index (χ0) is 20.4. The molecule has 9 heteroatoms. The van der Waals surface area contributed by atoms with Gasteiger partial charge in [-0.2, -0.15) is 5.10 Å². The van der Waals surface area contributed by atoms with Crippen LogP contribution in [-0.4, -0.2) is 31.7 Å². The number of nitro groups is 1. The summed E-state index contributed by atoms with van der Waals surface area (Å²) < 4.78 is 2.95. The molecule has 4 rings (SSSR count). The molecule has 0 radical (unpaired) electrons. The molecule has 2 aromatic carbocycles. The summed E-state index contributed by atoms with van der Waals surface area (Å²) in [6, 6.07) is 15.1. The van der Waals surface area contributed by atoms with Crippen molar-refractivity contribution in [3.05, 3.63) is 86.6 Å². The van der Waals surface area contributed by atoms with Gasteiger partial charge in [-0.05, 0) is 31.0 Å². The highest BCUT2D eigenvalue weighted by molar-refractivity contribution is 5.98. The quantitative estimate of drug-likeness (QED) is 0.489. The van der Waals surface area contributed by atoms with Crippen molar-refractivity contribution in [1.82, 2.24) is 19.7 Å². The van der Waals surface area contributed by atoms with Gasteiger partial charge in [-0.25, -0.2) is 14.0 Å². The minimum Gasteiger partial charge on any atom is -0.350 e. The molecule has 1 aliphatic carbocycles. The number of carbonyl (C=O) groups is 1. The number of hydrogen-bond acceptors (Lipinski definition) is 5. The molecule has 1 saturated carbocycles. The van der Waals surface area contributed by atoms with Crippen molar-refractivity contribution in [3.63, 3.8) is 0 Å². The number of nitro benzene ring substituents is 1. The molecule has 1 fully saturated rings. The van der Waals surface area contributed by atoms with Crippen LogP contribution in [-0.2, 0) is 6.54 Å². The van der Waals surface area contributed by atoms with Crippen LogP contribution >= 0.6 is 0 Å². The highest BCUT2D eigenvalue weighted by Gasteiger charge is 2.31. The molecule has 0 atom stereocenters. The third-order valence-electron chi connectivity index (χ3n) is 4.78. The molecule has 29 heavy (non-hydrogen) atoms. The number of nitrogens with zero attached hydrogens (tertiary/aromatic N) is 4. The first-order valence-corrected chi connectivity index (χ1v) is 9.33. The number of nitrogens with one attached hydrogen (secondary N) is 1. The summed E-state index contributed by atoms with van der Waals surface area (Å²) in [5.41, 5.74) is 0.220. The molecule has 1 N–H and O–H groups in total. The molecule has 0 bridgehead atoms. The Morgan fingerprint density at radius 3 is 2.52 bits per heavy atom. The molecule has 0 saturated heterocycles. The normalized spacial score (nSPS) is 13.2. The summed E-state index contributed by atoms with van der Waals surface area (Å²) in [6.07, 6.45) is 2.00. The summed E-state index contributed by atoms with van der Waals surface area (Å²) in [5.74, 6) is 0.437. The summed E-state index contributed by atoms with van der Waals surface area (Å²) in [5, 5.41) is 18.2. The Kier molecular flexibility index (Phi) is 4.94. The van der Waals surface area contributed by atoms with Gasteiger partial charge in [0.1, 0.15) is 11.4 Å². The van der Waals surface area contributed by atoms with Crippen LogP contribution in [0, 0.1) is 10.1 Å². The van der Waals surface area contributed by atoms with Gasteiger partial charge in [0.2, 0.25) is 0 Å². The van der Waals surface area contributed by atoms with E-state index in [-0.39, 0.29) is 35.9 Å². The molecule has 148 valence electrons. The van der Waals surface area contributed by atoms with Crippen molar-refractivity contribution in [1.29, 1.82) is 0 Å². The van der Waals surface area contributed by atoms with E-state index in [2.05, 4.69) is 10.4 Å². The molecular weight excluding hydrogens is 374 g/mol. The van der Waals surface area contributed by atoms with Crippen molar-refractivity contribution in [2.75, 3.05) is 6.54 Å². The van der Waals surface area contributed by atoms with E-state index in [1.54, 1.807) is 10.6 Å². The maximum absolute atomic E-state index is 12.9. The topological polar surface area (TPSA) is 112 Å². The number of para-hydroxylation sites is 2. The lowest BCUT2D eigenvalue weighted by Crippen LogP contribution is -2.32. The van der Waals surface area contributed by atoms with Crippen LogP contribution in [0.15, 0.2) is 59.4 Å². The molecule has 1 amide bonds. The smallest absolute Gasteiger partial charge is 0.350 e. The Balaban J connectivity index is 1.51. The van der Waals surface area contributed by atoms with E-state index in [1.807, 2.05) is 30.3 Å². The van der Waals surface area contributed by atoms with Gasteiger partial charge >= 0.3 is 5.69 Å². The van der Waals surface area contributed by atoms with Gasteiger partial charge in [0.05, 0.1) is 17.2 Å². The van der Waals surface area contributed by atoms with E-state index in [9.17, 15) is 19.7 Å². The average molecular weight is 393 g/mol. The molecule has 1 heterocycles. The minimum absolute atomic E-state index is 0.0154. The van der Waals surface area contributed by atoms with E-state index in [1.165, 1.54) is 22.9 Å². The summed E-state index contributed by atoms with van der Waals surface area (Å²) in [6.45, 7) is 0.297. The van der Waals surface area contributed by atoms with E-state index in [4.69, 9.17) is 0 Å². The molecule has 9 nitrogen and oxygen atoms in total. The molecular formula is C20H19N5O4. The fraction of sp³-hybridized carbons (Fsp3) is 0.250. The number of rotatable bonds is 7. The minimum atomic E-state index is -0.594. The number of aromatic nitrogens is 3. The van der Waals surface area contributed by atoms with Crippen molar-refractivity contribution in [2.45, 2.75) is 25.3 Å². The number of hydrogen-bond donors (Lipinski definition) is 1. The van der Waals surface area contributed by atoms with Gasteiger partial charge in [0.15, 0.2) is 0 Å². The van der Waals surface area contributed by atoms with Crippen molar-refractivity contribution in [3.8, 4) is 5.69 Å². The predicted molar refractivity (Wildman–Crippen MR) is 105 cm³/mol. The van der Waals surface area contributed by atoms with E-state index in [0.29, 0.717) is 0 Å². The molecule has 1 aliphatic rings. The number of carbonyl (C=O) groups excluding carboxylic acids is 1. The number of benzene rings is 2. The lowest BCUT2D eigenvalue weighted by atomic mass is 10.1. The second-order valence-electron chi connectivity index (χ2n) is 6.84. The first kappa shape index (κ1) is 18.6. The lowest BCUT2D eigenvalue weighted by Gasteiger charge is -2.05. The van der Waals surface area contributed by atoms with Crippen molar-refractivity contribution >= 4 is 11.6 Å². The van der Waals surface area contributed by atoms with Crippen LogP contribution in [0.4, 0.5) is 5.69 Å². The van der Waals surface area contributed by atoms with Crippen LogP contribution in [0.2, 0.25) is 0 Å². The van der Waals surface area contributed by atoms with Crippen LogP contribution in [0.1, 0.15) is 34.9 Å². The predicted octanol–water partition coefficient (Wildman–Crippen LogP) is 2.25. The fourth-order valence-corrected chi connectivity index (χ4v) is 3.19. The maximum Gasteiger partial charge on any atom is 0.350 e. The van der Waals surface area contributed by atoms with Crippen LogP contribution in [0.25, 0.3) is 5.69 Å². The average Bonchev–Trinajstić information content (AvgIpc) is 3.53. The van der Waals surface area contributed by atoms with E-state index in [0.717, 1.165) is 24.4 Å². The third kappa shape index (κ3) is 3.79. The molecule has 0 unspecified atom stereocenters. The van der Waals surface area contributed by atoms with Crippen LogP contribution in [0.5, 0.6) is 0 Å². The van der Waals surface area contributed by atoms with Gasteiger partial charge in [-0.15, -0.1) is 0 Å². The molecule has 3 aromatic rings. The van der Waals surface area contributed by atoms with Gasteiger partial charge in [-0.1, -0.05) is 30.3 Å². The van der Waals surface area contributed by atoms with Gasteiger partial charge in [-0.3, -0.25) is 14.9 Å². The summed E-state index contributed by atoms with van der Waals surface area (Å²) in [7, 11) is 0. The maximum atomic E-state index is 12.9. The highest BCUT2D eigenvalue weighted by atomic mass is 16.6. The van der Waals surface area contributed by atoms with Crippen molar-refractivity contribution in [2.24, 2.45) is 0 Å². The Hall–Kier alpha value is -3.75. The number of amides is 1. The SMILES string of the molecule is O=C(NCCn1nc(C2CC2)n(-c2ccccc2)c1=O)c1ccccc1[N+](=O)[O-]. The third-order valence-corrected chi connectivity index (χ3v) is 4.78. The monoisotopic (exact) mass is 393 g/mol. The highest BCUT2D eigenvalue weighted by Crippen LogP contribution is 2.39.